The molecule has 0 saturated heterocycles. The van der Waals surface area contributed by atoms with E-state index in [1.807, 2.05) is 44.2 Å². The predicted molar refractivity (Wildman–Crippen MR) is 122 cm³/mol. The minimum absolute atomic E-state index is 0.0704. The number of carbonyl (C=O) groups excluding carboxylic acids is 3. The molecule has 0 atom stereocenters. The van der Waals surface area contributed by atoms with E-state index in [1.165, 1.54) is 4.90 Å². The van der Waals surface area contributed by atoms with Gasteiger partial charge in [0.05, 0.1) is 23.9 Å². The van der Waals surface area contributed by atoms with Crippen LogP contribution in [0.3, 0.4) is 0 Å². The Hall–Kier alpha value is -3.93. The lowest BCUT2D eigenvalue weighted by molar-refractivity contribution is 0.0654. The molecule has 0 bridgehead atoms. The Bertz CT molecular complexity index is 1160. The largest absolute Gasteiger partial charge is 0.495 e. The van der Waals surface area contributed by atoms with Crippen LogP contribution in [0, 0.1) is 13.8 Å². The van der Waals surface area contributed by atoms with Gasteiger partial charge in [-0.25, -0.2) is 0 Å². The minimum Gasteiger partial charge on any atom is -0.495 e. The lowest BCUT2D eigenvalue weighted by atomic mass is 10.1. The Kier molecular flexibility index (Phi) is 5.77. The second-order valence-electron chi connectivity index (χ2n) is 7.81. The Labute approximate surface area is 187 Å². The molecule has 0 aromatic heterocycles. The van der Waals surface area contributed by atoms with Crippen LogP contribution in [0.2, 0.25) is 0 Å². The summed E-state index contributed by atoms with van der Waals surface area (Å²) >= 11 is 0. The first-order chi connectivity index (χ1) is 15.4. The molecule has 0 radical (unpaired) electrons. The number of carbonyl (C=O) groups is 3. The van der Waals surface area contributed by atoms with Crippen LogP contribution >= 0.6 is 0 Å². The molecule has 4 rings (SSSR count). The minimum atomic E-state index is -0.343. The Morgan fingerprint density at radius 3 is 2.03 bits per heavy atom. The van der Waals surface area contributed by atoms with Gasteiger partial charge in [-0.1, -0.05) is 41.5 Å². The fraction of sp³-hybridized carbons (Fsp3) is 0.192. The van der Waals surface area contributed by atoms with Gasteiger partial charge in [0.25, 0.3) is 17.7 Å². The van der Waals surface area contributed by atoms with E-state index in [2.05, 4.69) is 0 Å². The quantitative estimate of drug-likeness (QED) is 0.551. The fourth-order valence-electron chi connectivity index (χ4n) is 4.08. The molecular formula is C26H24N2O4. The molecule has 1 heterocycles. The smallest absolute Gasteiger partial charge is 0.261 e. The molecule has 3 amide bonds. The fourth-order valence-corrected chi connectivity index (χ4v) is 4.08. The van der Waals surface area contributed by atoms with Crippen molar-refractivity contribution in [3.05, 3.63) is 94.5 Å². The Balaban J connectivity index is 1.67. The molecule has 6 nitrogen and oxygen atoms in total. The average Bonchev–Trinajstić information content (AvgIpc) is 3.03. The zero-order valence-electron chi connectivity index (χ0n) is 18.3. The van der Waals surface area contributed by atoms with Crippen LogP contribution in [-0.2, 0) is 0 Å². The zero-order chi connectivity index (χ0) is 22.8. The highest BCUT2D eigenvalue weighted by molar-refractivity contribution is 6.21. The highest BCUT2D eigenvalue weighted by Gasteiger charge is 2.35. The molecular weight excluding hydrogens is 404 g/mol. The van der Waals surface area contributed by atoms with Crippen molar-refractivity contribution in [2.24, 2.45) is 0 Å². The van der Waals surface area contributed by atoms with E-state index in [0.29, 0.717) is 28.1 Å². The van der Waals surface area contributed by atoms with Crippen molar-refractivity contribution in [1.29, 1.82) is 0 Å². The zero-order valence-corrected chi connectivity index (χ0v) is 18.3. The second kappa shape index (κ2) is 8.67. The van der Waals surface area contributed by atoms with Gasteiger partial charge in [-0.05, 0) is 50.2 Å². The van der Waals surface area contributed by atoms with Gasteiger partial charge in [0.15, 0.2) is 0 Å². The Morgan fingerprint density at radius 2 is 1.44 bits per heavy atom. The number of rotatable bonds is 6. The van der Waals surface area contributed by atoms with E-state index in [9.17, 15) is 14.4 Å². The van der Waals surface area contributed by atoms with Gasteiger partial charge in [0, 0.05) is 18.7 Å². The number of imide groups is 1. The number of aryl methyl sites for hydroxylation is 2. The second-order valence-corrected chi connectivity index (χ2v) is 7.81. The normalized spacial score (nSPS) is 12.7. The predicted octanol–water partition coefficient (Wildman–Crippen LogP) is 4.26. The van der Waals surface area contributed by atoms with Crippen molar-refractivity contribution in [3.63, 3.8) is 0 Å². The van der Waals surface area contributed by atoms with E-state index in [4.69, 9.17) is 4.74 Å². The SMILES string of the molecule is COc1ccccc1N(CCN1C(=O)c2ccccc2C1=O)C(=O)c1cc(C)cc(C)c1. The number of hydrogen-bond donors (Lipinski definition) is 0. The van der Waals surface area contributed by atoms with Crippen molar-refractivity contribution >= 4 is 23.4 Å². The third-order valence-electron chi connectivity index (χ3n) is 5.52. The van der Waals surface area contributed by atoms with E-state index in [0.717, 1.165) is 11.1 Å². The third-order valence-corrected chi connectivity index (χ3v) is 5.52. The third kappa shape index (κ3) is 3.87. The van der Waals surface area contributed by atoms with Crippen LogP contribution in [0.25, 0.3) is 0 Å². The van der Waals surface area contributed by atoms with Crippen molar-refractivity contribution < 1.29 is 19.1 Å². The van der Waals surface area contributed by atoms with Gasteiger partial charge in [0.2, 0.25) is 0 Å². The van der Waals surface area contributed by atoms with Crippen LogP contribution in [-0.4, -0.2) is 42.8 Å². The summed E-state index contributed by atoms with van der Waals surface area (Å²) in [5.41, 5.74) is 3.86. The molecule has 0 unspecified atom stereocenters. The van der Waals surface area contributed by atoms with E-state index in [1.54, 1.807) is 48.4 Å². The van der Waals surface area contributed by atoms with Gasteiger partial charge >= 0.3 is 0 Å². The van der Waals surface area contributed by atoms with Gasteiger partial charge < -0.3 is 9.64 Å². The number of para-hydroxylation sites is 2. The standard InChI is InChI=1S/C26H24N2O4/c1-17-14-18(2)16-19(15-17)24(29)27(22-10-6-7-11-23(22)32-3)12-13-28-25(30)20-8-4-5-9-21(20)26(28)31/h4-11,14-16H,12-13H2,1-3H3. The summed E-state index contributed by atoms with van der Waals surface area (Å²) in [4.78, 5) is 41.9. The molecule has 0 saturated carbocycles. The number of fused-ring (bicyclic) bond motifs is 1. The van der Waals surface area contributed by atoms with Crippen molar-refractivity contribution in [2.75, 3.05) is 25.1 Å². The first-order valence-corrected chi connectivity index (χ1v) is 10.4. The van der Waals surface area contributed by atoms with Gasteiger partial charge in [-0.2, -0.15) is 0 Å². The Morgan fingerprint density at radius 1 is 0.875 bits per heavy atom. The maximum absolute atomic E-state index is 13.6. The van der Waals surface area contributed by atoms with Crippen LogP contribution in [0.1, 0.15) is 42.2 Å². The first-order valence-electron chi connectivity index (χ1n) is 10.4. The summed E-state index contributed by atoms with van der Waals surface area (Å²) in [6, 6.07) is 19.6. The number of amides is 3. The molecule has 0 spiro atoms. The summed E-state index contributed by atoms with van der Waals surface area (Å²) in [6.07, 6.45) is 0. The molecule has 0 fully saturated rings. The maximum Gasteiger partial charge on any atom is 0.261 e. The highest BCUT2D eigenvalue weighted by Crippen LogP contribution is 2.30. The van der Waals surface area contributed by atoms with Gasteiger partial charge in [0.1, 0.15) is 5.75 Å². The summed E-state index contributed by atoms with van der Waals surface area (Å²) in [6.45, 7) is 4.09. The molecule has 3 aromatic carbocycles. The molecule has 1 aliphatic heterocycles. The lowest BCUT2D eigenvalue weighted by Gasteiger charge is -2.27. The molecule has 162 valence electrons. The highest BCUT2D eigenvalue weighted by atomic mass is 16.5. The molecule has 0 aliphatic carbocycles. The van der Waals surface area contributed by atoms with Gasteiger partial charge in [-0.15, -0.1) is 0 Å². The maximum atomic E-state index is 13.6. The van der Waals surface area contributed by atoms with Crippen LogP contribution < -0.4 is 9.64 Å². The molecule has 0 N–H and O–H groups in total. The molecule has 3 aromatic rings. The van der Waals surface area contributed by atoms with Gasteiger partial charge in [-0.3, -0.25) is 19.3 Å². The summed E-state index contributed by atoms with van der Waals surface area (Å²) < 4.78 is 5.48. The summed E-state index contributed by atoms with van der Waals surface area (Å²) in [7, 11) is 1.54. The van der Waals surface area contributed by atoms with E-state index in [-0.39, 0.29) is 30.8 Å². The van der Waals surface area contributed by atoms with Crippen LogP contribution in [0.15, 0.2) is 66.7 Å². The van der Waals surface area contributed by atoms with E-state index >= 15 is 0 Å². The number of nitrogens with zero attached hydrogens (tertiary/aromatic N) is 2. The summed E-state index contributed by atoms with van der Waals surface area (Å²) in [5.74, 6) is -0.376. The van der Waals surface area contributed by atoms with Crippen molar-refractivity contribution in [2.45, 2.75) is 13.8 Å². The van der Waals surface area contributed by atoms with E-state index < -0.39 is 0 Å². The number of benzene rings is 3. The first kappa shape index (κ1) is 21.3. The number of ether oxygens (including phenoxy) is 1. The average molecular weight is 428 g/mol. The van der Waals surface area contributed by atoms with Crippen molar-refractivity contribution in [3.8, 4) is 5.75 Å². The topological polar surface area (TPSA) is 66.9 Å². The number of hydrogen-bond acceptors (Lipinski definition) is 4. The molecule has 32 heavy (non-hydrogen) atoms. The van der Waals surface area contributed by atoms with Crippen molar-refractivity contribution in [1.82, 2.24) is 4.90 Å². The lowest BCUT2D eigenvalue weighted by Crippen LogP contribution is -2.41. The molecule has 6 heteroatoms. The molecule has 1 aliphatic rings. The summed E-state index contributed by atoms with van der Waals surface area (Å²) in [5, 5.41) is 0. The monoisotopic (exact) mass is 428 g/mol. The number of methoxy groups -OCH3 is 1. The number of anilines is 1. The van der Waals surface area contributed by atoms with Crippen LogP contribution in [0.4, 0.5) is 5.69 Å². The van der Waals surface area contributed by atoms with Crippen LogP contribution in [0.5, 0.6) is 5.75 Å².